The molecular weight excluding hydrogens is 232 g/mol. The summed E-state index contributed by atoms with van der Waals surface area (Å²) in [4.78, 5) is 2.72. The summed E-state index contributed by atoms with van der Waals surface area (Å²) in [6.07, 6.45) is 5.23. The highest BCUT2D eigenvalue weighted by atomic mass is 15.2. The predicted molar refractivity (Wildman–Crippen MR) is 83.1 cm³/mol. The summed E-state index contributed by atoms with van der Waals surface area (Å²) in [5, 5.41) is 0. The quantitative estimate of drug-likeness (QED) is 0.829. The maximum atomic E-state index is 6.44. The molecule has 4 unspecified atom stereocenters. The summed E-state index contributed by atoms with van der Waals surface area (Å²) in [5.41, 5.74) is 6.88. The molecule has 0 bridgehead atoms. The van der Waals surface area contributed by atoms with Crippen molar-refractivity contribution in [2.24, 2.45) is 28.9 Å². The van der Waals surface area contributed by atoms with Crippen molar-refractivity contribution in [3.05, 3.63) is 0 Å². The van der Waals surface area contributed by atoms with E-state index in [0.29, 0.717) is 17.5 Å². The Labute approximate surface area is 120 Å². The van der Waals surface area contributed by atoms with Crippen LogP contribution in [0.3, 0.4) is 0 Å². The fourth-order valence-electron chi connectivity index (χ4n) is 4.04. The van der Waals surface area contributed by atoms with E-state index >= 15 is 0 Å². The molecule has 0 spiro atoms. The van der Waals surface area contributed by atoms with Crippen LogP contribution in [0, 0.1) is 23.2 Å². The molecule has 2 N–H and O–H groups in total. The molecule has 1 aliphatic carbocycles. The van der Waals surface area contributed by atoms with E-state index in [1.165, 1.54) is 38.8 Å². The van der Waals surface area contributed by atoms with Crippen LogP contribution in [-0.2, 0) is 0 Å². The van der Waals surface area contributed by atoms with Gasteiger partial charge in [0.25, 0.3) is 0 Å². The second kappa shape index (κ2) is 5.73. The number of hydrogen-bond donors (Lipinski definition) is 1. The predicted octanol–water partition coefficient (Wildman–Crippen LogP) is 3.51. The minimum absolute atomic E-state index is 0.407. The minimum Gasteiger partial charge on any atom is -0.326 e. The molecule has 2 heteroatoms. The highest BCUT2D eigenvalue weighted by molar-refractivity contribution is 4.95. The number of likely N-dealkylation sites (tertiary alicyclic amines) is 1. The Morgan fingerprint density at radius 2 is 1.79 bits per heavy atom. The standard InChI is InChI=1S/C17H34N2/c1-12(2)13-8-9-19(11-13)16-10-14(17(3,4)5)6-7-15(16)18/h12-16H,6-11,18H2,1-5H3. The third-order valence-electron chi connectivity index (χ3n) is 5.76. The first-order chi connectivity index (χ1) is 8.79. The molecule has 1 saturated carbocycles. The molecule has 0 aromatic carbocycles. The normalized spacial score (nSPS) is 38.1. The van der Waals surface area contributed by atoms with Gasteiger partial charge in [-0.2, -0.15) is 0 Å². The molecule has 19 heavy (non-hydrogen) atoms. The van der Waals surface area contributed by atoms with Crippen molar-refractivity contribution >= 4 is 0 Å². The van der Waals surface area contributed by atoms with E-state index in [0.717, 1.165) is 17.8 Å². The maximum absolute atomic E-state index is 6.44. The molecule has 1 heterocycles. The van der Waals surface area contributed by atoms with Crippen LogP contribution in [0.5, 0.6) is 0 Å². The van der Waals surface area contributed by atoms with Gasteiger partial charge in [-0.05, 0) is 55.4 Å². The summed E-state index contributed by atoms with van der Waals surface area (Å²) in [6, 6.07) is 1.05. The highest BCUT2D eigenvalue weighted by Crippen LogP contribution is 2.40. The van der Waals surface area contributed by atoms with E-state index in [1.807, 2.05) is 0 Å². The SMILES string of the molecule is CC(C)C1CCN(C2CC(C(C)(C)C)CCC2N)C1. The molecule has 1 aliphatic heterocycles. The molecular formula is C17H34N2. The van der Waals surface area contributed by atoms with Crippen LogP contribution >= 0.6 is 0 Å². The first kappa shape index (κ1) is 15.3. The Morgan fingerprint density at radius 1 is 1.11 bits per heavy atom. The van der Waals surface area contributed by atoms with Gasteiger partial charge in [0.05, 0.1) is 0 Å². The van der Waals surface area contributed by atoms with Crippen molar-refractivity contribution in [2.75, 3.05) is 13.1 Å². The molecule has 2 rings (SSSR count). The van der Waals surface area contributed by atoms with Gasteiger partial charge in [0.15, 0.2) is 0 Å². The van der Waals surface area contributed by atoms with Crippen LogP contribution in [-0.4, -0.2) is 30.1 Å². The lowest BCUT2D eigenvalue weighted by molar-refractivity contribution is 0.0798. The topological polar surface area (TPSA) is 29.3 Å². The fourth-order valence-corrected chi connectivity index (χ4v) is 4.04. The zero-order valence-corrected chi connectivity index (χ0v) is 13.7. The van der Waals surface area contributed by atoms with Crippen LogP contribution in [0.2, 0.25) is 0 Å². The minimum atomic E-state index is 0.407. The molecule has 2 fully saturated rings. The average molecular weight is 266 g/mol. The van der Waals surface area contributed by atoms with Crippen molar-refractivity contribution in [3.8, 4) is 0 Å². The van der Waals surface area contributed by atoms with Crippen molar-refractivity contribution in [1.82, 2.24) is 4.90 Å². The smallest absolute Gasteiger partial charge is 0.0250 e. The zero-order chi connectivity index (χ0) is 14.2. The van der Waals surface area contributed by atoms with E-state index in [2.05, 4.69) is 39.5 Å². The Balaban J connectivity index is 1.98. The lowest BCUT2D eigenvalue weighted by Gasteiger charge is -2.44. The van der Waals surface area contributed by atoms with Crippen molar-refractivity contribution in [1.29, 1.82) is 0 Å². The van der Waals surface area contributed by atoms with Crippen LogP contribution in [0.25, 0.3) is 0 Å². The van der Waals surface area contributed by atoms with Crippen molar-refractivity contribution in [3.63, 3.8) is 0 Å². The lowest BCUT2D eigenvalue weighted by atomic mass is 9.69. The van der Waals surface area contributed by atoms with Gasteiger partial charge in [0, 0.05) is 18.6 Å². The van der Waals surface area contributed by atoms with E-state index in [9.17, 15) is 0 Å². The third kappa shape index (κ3) is 3.52. The summed E-state index contributed by atoms with van der Waals surface area (Å²) in [5.74, 6) is 2.56. The fraction of sp³-hybridized carbons (Fsp3) is 1.00. The molecule has 1 saturated heterocycles. The molecule has 0 radical (unpaired) electrons. The summed E-state index contributed by atoms with van der Waals surface area (Å²) in [7, 11) is 0. The van der Waals surface area contributed by atoms with Gasteiger partial charge in [-0.25, -0.2) is 0 Å². The van der Waals surface area contributed by atoms with Gasteiger partial charge >= 0.3 is 0 Å². The Bertz CT molecular complexity index is 292. The average Bonchev–Trinajstić information content (AvgIpc) is 2.77. The van der Waals surface area contributed by atoms with Crippen molar-refractivity contribution < 1.29 is 0 Å². The van der Waals surface area contributed by atoms with Crippen LogP contribution in [0.4, 0.5) is 0 Å². The van der Waals surface area contributed by atoms with Gasteiger partial charge in [0.2, 0.25) is 0 Å². The third-order valence-corrected chi connectivity index (χ3v) is 5.76. The Morgan fingerprint density at radius 3 is 2.32 bits per heavy atom. The molecule has 0 amide bonds. The zero-order valence-electron chi connectivity index (χ0n) is 13.7. The second-order valence-electron chi connectivity index (χ2n) is 8.39. The number of nitrogens with zero attached hydrogens (tertiary/aromatic N) is 1. The van der Waals surface area contributed by atoms with Crippen LogP contribution < -0.4 is 5.73 Å². The van der Waals surface area contributed by atoms with Crippen LogP contribution in [0.15, 0.2) is 0 Å². The van der Waals surface area contributed by atoms with Gasteiger partial charge in [0.1, 0.15) is 0 Å². The first-order valence-electron chi connectivity index (χ1n) is 8.28. The first-order valence-corrected chi connectivity index (χ1v) is 8.28. The monoisotopic (exact) mass is 266 g/mol. The largest absolute Gasteiger partial charge is 0.326 e. The Hall–Kier alpha value is -0.0800. The van der Waals surface area contributed by atoms with Gasteiger partial charge in [-0.1, -0.05) is 34.6 Å². The van der Waals surface area contributed by atoms with E-state index in [1.54, 1.807) is 0 Å². The molecule has 0 aromatic heterocycles. The van der Waals surface area contributed by atoms with Gasteiger partial charge < -0.3 is 5.73 Å². The van der Waals surface area contributed by atoms with Crippen LogP contribution in [0.1, 0.15) is 60.3 Å². The number of nitrogens with two attached hydrogens (primary N) is 1. The second-order valence-corrected chi connectivity index (χ2v) is 8.39. The summed E-state index contributed by atoms with van der Waals surface area (Å²) in [6.45, 7) is 14.5. The molecule has 0 aromatic rings. The molecule has 112 valence electrons. The summed E-state index contributed by atoms with van der Waals surface area (Å²) < 4.78 is 0. The number of hydrogen-bond acceptors (Lipinski definition) is 2. The summed E-state index contributed by atoms with van der Waals surface area (Å²) >= 11 is 0. The van der Waals surface area contributed by atoms with Gasteiger partial charge in [-0.15, -0.1) is 0 Å². The van der Waals surface area contributed by atoms with Gasteiger partial charge in [-0.3, -0.25) is 4.90 Å². The molecule has 2 aliphatic rings. The highest BCUT2D eigenvalue weighted by Gasteiger charge is 2.39. The lowest BCUT2D eigenvalue weighted by Crippen LogP contribution is -2.52. The van der Waals surface area contributed by atoms with E-state index in [-0.39, 0.29) is 0 Å². The molecule has 2 nitrogen and oxygen atoms in total. The van der Waals surface area contributed by atoms with Crippen molar-refractivity contribution in [2.45, 2.75) is 72.4 Å². The maximum Gasteiger partial charge on any atom is 0.0250 e. The Kier molecular flexibility index (Phi) is 4.62. The van der Waals surface area contributed by atoms with E-state index in [4.69, 9.17) is 5.73 Å². The van der Waals surface area contributed by atoms with E-state index < -0.39 is 0 Å². The molecule has 4 atom stereocenters. The number of rotatable bonds is 2.